The lowest BCUT2D eigenvalue weighted by atomic mass is 9.92. The highest BCUT2D eigenvalue weighted by molar-refractivity contribution is 5.60. The van der Waals surface area contributed by atoms with Gasteiger partial charge in [0, 0.05) is 16.8 Å². The number of rotatable bonds is 4. The first-order chi connectivity index (χ1) is 9.88. The van der Waals surface area contributed by atoms with Gasteiger partial charge in [-0.05, 0) is 18.6 Å². The molecule has 0 amide bonds. The summed E-state index contributed by atoms with van der Waals surface area (Å²) in [5, 5.41) is 11.0. The molecule has 0 aromatic carbocycles. The van der Waals surface area contributed by atoms with Gasteiger partial charge in [-0.15, -0.1) is 0 Å². The lowest BCUT2D eigenvalue weighted by molar-refractivity contribution is -0.481. The minimum absolute atomic E-state index is 0.0347. The summed E-state index contributed by atoms with van der Waals surface area (Å²) >= 11 is 0. The second-order valence-electron chi connectivity index (χ2n) is 4.57. The normalized spacial score (nSPS) is 12.0. The van der Waals surface area contributed by atoms with E-state index >= 15 is 0 Å². The second kappa shape index (κ2) is 5.57. The highest BCUT2D eigenvalue weighted by atomic mass is 16.6. The summed E-state index contributed by atoms with van der Waals surface area (Å²) in [4.78, 5) is 22.3. The highest BCUT2D eigenvalue weighted by Crippen LogP contribution is 2.32. The molecule has 0 aliphatic heterocycles. The van der Waals surface area contributed by atoms with Gasteiger partial charge in [-0.3, -0.25) is 15.1 Å². The number of hydrogen-bond donors (Lipinski definition) is 3. The van der Waals surface area contributed by atoms with E-state index in [1.165, 1.54) is 0 Å². The standard InChI is InChI=1S/C12H15N7O2/c1-6-2-3-7(4-16-6)8(5-19(20)21)9-10(13)17-12(15)18-11(9)14/h2-4,8H,5H2,1H3,(H6,13,14,15,17,18). The summed E-state index contributed by atoms with van der Waals surface area (Å²) in [6, 6.07) is 3.50. The van der Waals surface area contributed by atoms with Gasteiger partial charge in [0.25, 0.3) is 0 Å². The summed E-state index contributed by atoms with van der Waals surface area (Å²) in [6.07, 6.45) is 1.55. The van der Waals surface area contributed by atoms with E-state index in [0.29, 0.717) is 11.1 Å². The smallest absolute Gasteiger partial charge is 0.223 e. The van der Waals surface area contributed by atoms with Gasteiger partial charge in [0.2, 0.25) is 12.5 Å². The van der Waals surface area contributed by atoms with Crippen LogP contribution in [0.3, 0.4) is 0 Å². The molecule has 2 aromatic rings. The van der Waals surface area contributed by atoms with Gasteiger partial charge in [-0.1, -0.05) is 6.07 Å². The number of aromatic nitrogens is 3. The van der Waals surface area contributed by atoms with E-state index in [4.69, 9.17) is 17.2 Å². The van der Waals surface area contributed by atoms with E-state index in [1.807, 2.05) is 6.92 Å². The fourth-order valence-corrected chi connectivity index (χ4v) is 2.08. The van der Waals surface area contributed by atoms with Gasteiger partial charge in [0.15, 0.2) is 0 Å². The van der Waals surface area contributed by atoms with Crippen molar-refractivity contribution in [2.45, 2.75) is 12.8 Å². The van der Waals surface area contributed by atoms with E-state index in [2.05, 4.69) is 15.0 Å². The van der Waals surface area contributed by atoms with Crippen LogP contribution in [0.2, 0.25) is 0 Å². The van der Waals surface area contributed by atoms with Crippen LogP contribution in [-0.4, -0.2) is 26.4 Å². The van der Waals surface area contributed by atoms with Crippen molar-refractivity contribution in [3.63, 3.8) is 0 Å². The molecule has 2 aromatic heterocycles. The Morgan fingerprint density at radius 2 is 1.86 bits per heavy atom. The monoisotopic (exact) mass is 289 g/mol. The molecule has 0 spiro atoms. The zero-order chi connectivity index (χ0) is 15.6. The van der Waals surface area contributed by atoms with Crippen molar-refractivity contribution < 1.29 is 4.92 Å². The second-order valence-corrected chi connectivity index (χ2v) is 4.57. The Kier molecular flexibility index (Phi) is 3.83. The Hall–Kier alpha value is -2.97. The minimum Gasteiger partial charge on any atom is -0.383 e. The van der Waals surface area contributed by atoms with Gasteiger partial charge in [-0.25, -0.2) is 0 Å². The van der Waals surface area contributed by atoms with Crippen molar-refractivity contribution >= 4 is 17.6 Å². The molecule has 21 heavy (non-hydrogen) atoms. The Labute approximate surface area is 120 Å². The first kappa shape index (κ1) is 14.4. The lowest BCUT2D eigenvalue weighted by Gasteiger charge is -2.17. The molecule has 0 radical (unpaired) electrons. The molecule has 0 saturated heterocycles. The number of aryl methyl sites for hydroxylation is 1. The van der Waals surface area contributed by atoms with Crippen LogP contribution < -0.4 is 17.2 Å². The van der Waals surface area contributed by atoms with Crippen molar-refractivity contribution in [2.24, 2.45) is 0 Å². The van der Waals surface area contributed by atoms with Crippen molar-refractivity contribution in [3.8, 4) is 0 Å². The van der Waals surface area contributed by atoms with E-state index in [0.717, 1.165) is 5.69 Å². The highest BCUT2D eigenvalue weighted by Gasteiger charge is 2.26. The van der Waals surface area contributed by atoms with Crippen LogP contribution in [0.1, 0.15) is 22.7 Å². The fourth-order valence-electron chi connectivity index (χ4n) is 2.08. The molecule has 0 saturated carbocycles. The van der Waals surface area contributed by atoms with Crippen molar-refractivity contribution in [1.82, 2.24) is 15.0 Å². The van der Waals surface area contributed by atoms with Crippen LogP contribution in [0.25, 0.3) is 0 Å². The molecule has 0 aliphatic rings. The molecule has 1 unspecified atom stereocenters. The van der Waals surface area contributed by atoms with E-state index in [-0.39, 0.29) is 17.6 Å². The molecule has 9 nitrogen and oxygen atoms in total. The SMILES string of the molecule is Cc1ccc(C(C[N+](=O)[O-])c2c(N)nc(N)nc2N)cn1. The topological polar surface area (TPSA) is 160 Å². The Morgan fingerprint density at radius 3 is 2.33 bits per heavy atom. The van der Waals surface area contributed by atoms with E-state index in [9.17, 15) is 10.1 Å². The predicted molar refractivity (Wildman–Crippen MR) is 77.9 cm³/mol. The average molecular weight is 289 g/mol. The average Bonchev–Trinajstić information content (AvgIpc) is 2.37. The number of pyridine rings is 1. The number of hydrogen-bond acceptors (Lipinski definition) is 8. The quantitative estimate of drug-likeness (QED) is 0.536. The Bertz CT molecular complexity index is 649. The number of nitrogens with two attached hydrogens (primary N) is 3. The molecule has 0 fully saturated rings. The largest absolute Gasteiger partial charge is 0.383 e. The Morgan fingerprint density at radius 1 is 1.24 bits per heavy atom. The lowest BCUT2D eigenvalue weighted by Crippen LogP contribution is -2.19. The first-order valence-electron chi connectivity index (χ1n) is 6.11. The maximum atomic E-state index is 11.0. The maximum absolute atomic E-state index is 11.0. The minimum atomic E-state index is -0.686. The summed E-state index contributed by atoms with van der Waals surface area (Å²) in [5.41, 5.74) is 18.8. The number of anilines is 3. The maximum Gasteiger partial charge on any atom is 0.223 e. The van der Waals surface area contributed by atoms with Gasteiger partial charge >= 0.3 is 0 Å². The molecule has 2 rings (SSSR count). The molecule has 110 valence electrons. The summed E-state index contributed by atoms with van der Waals surface area (Å²) in [5.74, 6) is -0.691. The predicted octanol–water partition coefficient (Wildman–Crippen LogP) is 0.335. The Balaban J connectivity index is 2.55. The summed E-state index contributed by atoms with van der Waals surface area (Å²) in [7, 11) is 0. The van der Waals surface area contributed by atoms with Gasteiger partial charge in [0.05, 0.1) is 11.5 Å². The first-order valence-corrected chi connectivity index (χ1v) is 6.11. The van der Waals surface area contributed by atoms with E-state index < -0.39 is 17.4 Å². The molecule has 6 N–H and O–H groups in total. The third kappa shape index (κ3) is 3.14. The van der Waals surface area contributed by atoms with E-state index in [1.54, 1.807) is 18.3 Å². The van der Waals surface area contributed by atoms with Gasteiger partial charge in [0.1, 0.15) is 11.6 Å². The zero-order valence-corrected chi connectivity index (χ0v) is 11.4. The molecule has 9 heteroatoms. The van der Waals surface area contributed by atoms with Crippen molar-refractivity contribution in [3.05, 3.63) is 45.3 Å². The number of nitrogen functional groups attached to an aromatic ring is 3. The van der Waals surface area contributed by atoms with Crippen LogP contribution in [0.5, 0.6) is 0 Å². The fraction of sp³-hybridized carbons (Fsp3) is 0.250. The third-order valence-electron chi connectivity index (χ3n) is 3.04. The summed E-state index contributed by atoms with van der Waals surface area (Å²) < 4.78 is 0. The van der Waals surface area contributed by atoms with Crippen LogP contribution in [0.4, 0.5) is 17.6 Å². The number of nitrogens with zero attached hydrogens (tertiary/aromatic N) is 4. The van der Waals surface area contributed by atoms with Crippen molar-refractivity contribution in [2.75, 3.05) is 23.7 Å². The molecular formula is C12H15N7O2. The van der Waals surface area contributed by atoms with Crippen LogP contribution in [0.15, 0.2) is 18.3 Å². The van der Waals surface area contributed by atoms with Crippen LogP contribution in [0, 0.1) is 17.0 Å². The third-order valence-corrected chi connectivity index (χ3v) is 3.04. The molecule has 0 bridgehead atoms. The molecule has 1 atom stereocenters. The zero-order valence-electron chi connectivity index (χ0n) is 11.4. The van der Waals surface area contributed by atoms with Crippen LogP contribution in [-0.2, 0) is 0 Å². The molecule has 2 heterocycles. The van der Waals surface area contributed by atoms with Crippen LogP contribution >= 0.6 is 0 Å². The van der Waals surface area contributed by atoms with Crippen molar-refractivity contribution in [1.29, 1.82) is 0 Å². The summed E-state index contributed by atoms with van der Waals surface area (Å²) in [6.45, 7) is 1.42. The van der Waals surface area contributed by atoms with Gasteiger partial charge in [-0.2, -0.15) is 9.97 Å². The number of nitro groups is 1. The molecule has 0 aliphatic carbocycles. The van der Waals surface area contributed by atoms with Gasteiger partial charge < -0.3 is 17.2 Å². The molecular weight excluding hydrogens is 274 g/mol.